The average molecular weight is 409 g/mol. The number of nitrogens with zero attached hydrogens (tertiary/aromatic N) is 1. The van der Waals surface area contributed by atoms with Crippen LogP contribution in [0.25, 0.3) is 16.5 Å². The molecule has 1 amide bonds. The molecule has 7 heteroatoms. The Hall–Kier alpha value is -3.16. The molecule has 0 bridgehead atoms. The molecule has 30 heavy (non-hydrogen) atoms. The van der Waals surface area contributed by atoms with Crippen molar-refractivity contribution in [3.05, 3.63) is 71.2 Å². The molecule has 3 N–H and O–H groups in total. The van der Waals surface area contributed by atoms with Crippen LogP contribution in [-0.4, -0.2) is 40.7 Å². The van der Waals surface area contributed by atoms with Gasteiger partial charge in [0.25, 0.3) is 5.91 Å². The van der Waals surface area contributed by atoms with E-state index in [4.69, 9.17) is 9.94 Å². The van der Waals surface area contributed by atoms with Crippen molar-refractivity contribution < 1.29 is 19.1 Å². The minimum atomic E-state index is -0.694. The topological polar surface area (TPSA) is 77.6 Å². The molecule has 0 aliphatic carbocycles. The highest BCUT2D eigenvalue weighted by Gasteiger charge is 2.17. The molecule has 0 radical (unpaired) electrons. The maximum atomic E-state index is 14.4. The zero-order valence-corrected chi connectivity index (χ0v) is 16.7. The lowest BCUT2D eigenvalue weighted by Crippen LogP contribution is -2.28. The Morgan fingerprint density at radius 3 is 2.90 bits per heavy atom. The quantitative estimate of drug-likeness (QED) is 0.428. The maximum absolute atomic E-state index is 14.4. The lowest BCUT2D eigenvalue weighted by Gasteiger charge is -2.26. The van der Waals surface area contributed by atoms with Gasteiger partial charge in [-0.15, -0.1) is 0 Å². The number of H-pyrrole nitrogens is 1. The molecular formula is C23H24FN3O3. The number of nitrogens with one attached hydrogen (secondary N) is 2. The van der Waals surface area contributed by atoms with E-state index in [1.54, 1.807) is 12.1 Å². The molecule has 156 valence electrons. The number of halogens is 1. The molecule has 4 rings (SSSR count). The molecule has 3 aromatic rings. The summed E-state index contributed by atoms with van der Waals surface area (Å²) in [5, 5.41) is 9.71. The third kappa shape index (κ3) is 4.37. The molecular weight excluding hydrogens is 385 g/mol. The Morgan fingerprint density at radius 1 is 1.30 bits per heavy atom. The number of carbonyl (C=O) groups is 1. The molecule has 0 unspecified atom stereocenters. The Balaban J connectivity index is 1.41. The van der Waals surface area contributed by atoms with E-state index >= 15 is 0 Å². The lowest BCUT2D eigenvalue weighted by molar-refractivity contribution is -0.131. The van der Waals surface area contributed by atoms with Crippen LogP contribution in [0.1, 0.15) is 23.1 Å². The highest BCUT2D eigenvalue weighted by molar-refractivity contribution is 5.93. The second kappa shape index (κ2) is 8.69. The largest absolute Gasteiger partial charge is 0.484 e. The van der Waals surface area contributed by atoms with E-state index in [0.717, 1.165) is 25.0 Å². The van der Waals surface area contributed by atoms with Gasteiger partial charge in [-0.05, 0) is 37.1 Å². The highest BCUT2D eigenvalue weighted by atomic mass is 19.1. The van der Waals surface area contributed by atoms with Gasteiger partial charge in [-0.2, -0.15) is 0 Å². The number of hydroxylamine groups is 1. The summed E-state index contributed by atoms with van der Waals surface area (Å²) in [6.45, 7) is 3.82. The fourth-order valence-electron chi connectivity index (χ4n) is 3.77. The van der Waals surface area contributed by atoms with E-state index in [1.165, 1.54) is 33.6 Å². The predicted octanol–water partition coefficient (Wildman–Crippen LogP) is 3.79. The normalized spacial score (nSPS) is 14.6. The Kier molecular flexibility index (Phi) is 5.83. The fourth-order valence-corrected chi connectivity index (χ4v) is 3.77. The summed E-state index contributed by atoms with van der Waals surface area (Å²) < 4.78 is 19.6. The van der Waals surface area contributed by atoms with Crippen LogP contribution in [0.15, 0.2) is 48.7 Å². The van der Waals surface area contributed by atoms with Crippen molar-refractivity contribution in [1.29, 1.82) is 0 Å². The van der Waals surface area contributed by atoms with Crippen molar-refractivity contribution >= 4 is 22.4 Å². The van der Waals surface area contributed by atoms with Crippen LogP contribution in [0.2, 0.25) is 0 Å². The molecule has 2 heterocycles. The second-order valence-corrected chi connectivity index (χ2v) is 7.54. The molecule has 0 atom stereocenters. The van der Waals surface area contributed by atoms with E-state index in [2.05, 4.69) is 47.3 Å². The number of hydrogen-bond acceptors (Lipinski definition) is 4. The van der Waals surface area contributed by atoms with Crippen LogP contribution in [0, 0.1) is 12.7 Å². The third-order valence-electron chi connectivity index (χ3n) is 5.39. The number of amides is 1. The van der Waals surface area contributed by atoms with Crippen molar-refractivity contribution in [1.82, 2.24) is 15.4 Å². The standard InChI is InChI=1S/C23H24FN3O3/c1-15-2-5-22-19(10-15)20(12-25-22)16-6-8-27(9-7-16)13-17-3-4-18(11-21(17)24)30-14-23(28)26-29/h2-6,10-12,25,29H,7-9,13-14H2,1H3,(H,26,28). The number of aromatic amines is 1. The van der Waals surface area contributed by atoms with Gasteiger partial charge in [0.1, 0.15) is 11.6 Å². The number of rotatable bonds is 6. The van der Waals surface area contributed by atoms with Gasteiger partial charge < -0.3 is 9.72 Å². The third-order valence-corrected chi connectivity index (χ3v) is 5.39. The van der Waals surface area contributed by atoms with Crippen molar-refractivity contribution in [2.75, 3.05) is 19.7 Å². The SMILES string of the molecule is Cc1ccc2[nH]cc(C3=CCN(Cc4ccc(OCC(=O)NO)cc4F)CC3)c2c1. The molecule has 0 saturated heterocycles. The van der Waals surface area contributed by atoms with Gasteiger partial charge in [-0.1, -0.05) is 23.8 Å². The summed E-state index contributed by atoms with van der Waals surface area (Å²) in [5.41, 5.74) is 6.98. The van der Waals surface area contributed by atoms with Gasteiger partial charge in [0.2, 0.25) is 0 Å². The minimum absolute atomic E-state index is 0.246. The van der Waals surface area contributed by atoms with Gasteiger partial charge in [0.15, 0.2) is 6.61 Å². The monoisotopic (exact) mass is 409 g/mol. The minimum Gasteiger partial charge on any atom is -0.484 e. The smallest absolute Gasteiger partial charge is 0.281 e. The van der Waals surface area contributed by atoms with Gasteiger partial charge in [-0.25, -0.2) is 9.87 Å². The summed E-state index contributed by atoms with van der Waals surface area (Å²) in [6, 6.07) is 11.0. The predicted molar refractivity (Wildman–Crippen MR) is 113 cm³/mol. The number of hydrogen-bond donors (Lipinski definition) is 3. The van der Waals surface area contributed by atoms with Gasteiger partial charge >= 0.3 is 0 Å². The first-order valence-corrected chi connectivity index (χ1v) is 9.87. The number of aryl methyl sites for hydroxylation is 1. The van der Waals surface area contributed by atoms with E-state index < -0.39 is 5.91 Å². The van der Waals surface area contributed by atoms with E-state index in [-0.39, 0.29) is 18.2 Å². The second-order valence-electron chi connectivity index (χ2n) is 7.54. The molecule has 0 saturated carbocycles. The molecule has 0 spiro atoms. The summed E-state index contributed by atoms with van der Waals surface area (Å²) in [5.74, 6) is -0.824. The van der Waals surface area contributed by atoms with Crippen molar-refractivity contribution in [2.24, 2.45) is 0 Å². The molecule has 1 aliphatic rings. The molecule has 2 aromatic carbocycles. The van der Waals surface area contributed by atoms with Crippen LogP contribution in [0.3, 0.4) is 0 Å². The van der Waals surface area contributed by atoms with E-state index in [9.17, 15) is 9.18 Å². The number of aromatic nitrogens is 1. The van der Waals surface area contributed by atoms with E-state index in [1.807, 2.05) is 0 Å². The molecule has 6 nitrogen and oxygen atoms in total. The van der Waals surface area contributed by atoms with Crippen molar-refractivity contribution in [2.45, 2.75) is 19.9 Å². The Morgan fingerprint density at radius 2 is 2.17 bits per heavy atom. The first-order valence-electron chi connectivity index (χ1n) is 9.87. The van der Waals surface area contributed by atoms with Crippen LogP contribution in [0.5, 0.6) is 5.75 Å². The first-order chi connectivity index (χ1) is 14.5. The van der Waals surface area contributed by atoms with Crippen LogP contribution < -0.4 is 10.2 Å². The van der Waals surface area contributed by atoms with Crippen LogP contribution in [-0.2, 0) is 11.3 Å². The van der Waals surface area contributed by atoms with Gasteiger partial charge in [0.05, 0.1) is 0 Å². The molecule has 1 aliphatic heterocycles. The van der Waals surface area contributed by atoms with Gasteiger partial charge in [-0.3, -0.25) is 14.9 Å². The Labute approximate surface area is 173 Å². The van der Waals surface area contributed by atoms with E-state index in [0.29, 0.717) is 12.1 Å². The fraction of sp³-hybridized carbons (Fsp3) is 0.261. The lowest BCUT2D eigenvalue weighted by atomic mass is 9.98. The summed E-state index contributed by atoms with van der Waals surface area (Å²) in [6.07, 6.45) is 5.19. The van der Waals surface area contributed by atoms with Crippen LogP contribution >= 0.6 is 0 Å². The number of benzene rings is 2. The molecule has 0 fully saturated rings. The number of fused-ring (bicyclic) bond motifs is 1. The summed E-state index contributed by atoms with van der Waals surface area (Å²) >= 11 is 0. The summed E-state index contributed by atoms with van der Waals surface area (Å²) in [7, 11) is 0. The number of ether oxygens (including phenoxy) is 1. The summed E-state index contributed by atoms with van der Waals surface area (Å²) in [4.78, 5) is 16.5. The van der Waals surface area contributed by atoms with Crippen molar-refractivity contribution in [3.63, 3.8) is 0 Å². The maximum Gasteiger partial charge on any atom is 0.281 e. The highest BCUT2D eigenvalue weighted by Crippen LogP contribution is 2.30. The number of carbonyl (C=O) groups excluding carboxylic acids is 1. The van der Waals surface area contributed by atoms with Crippen molar-refractivity contribution in [3.8, 4) is 5.75 Å². The Bertz CT molecular complexity index is 1110. The van der Waals surface area contributed by atoms with Gasteiger partial charge in [0, 0.05) is 53.9 Å². The zero-order chi connectivity index (χ0) is 21.1. The molecule has 1 aromatic heterocycles. The average Bonchev–Trinajstić information content (AvgIpc) is 3.17. The first kappa shape index (κ1) is 20.1. The van der Waals surface area contributed by atoms with Crippen LogP contribution in [0.4, 0.5) is 4.39 Å². The zero-order valence-electron chi connectivity index (χ0n) is 16.7.